The van der Waals surface area contributed by atoms with Gasteiger partial charge >= 0.3 is 0 Å². The van der Waals surface area contributed by atoms with Crippen molar-refractivity contribution in [2.24, 2.45) is 0 Å². The Morgan fingerprint density at radius 2 is 2.14 bits per heavy atom. The molecule has 1 saturated heterocycles. The maximum absolute atomic E-state index is 12.0. The SMILES string of the molecule is CCNC(=O)COc1ccc(NC(=O)C2COCCN2)cc1. The van der Waals surface area contributed by atoms with Gasteiger partial charge in [0.05, 0.1) is 13.2 Å². The monoisotopic (exact) mass is 307 g/mol. The van der Waals surface area contributed by atoms with Crippen LogP contribution in [0.3, 0.4) is 0 Å². The zero-order valence-electron chi connectivity index (χ0n) is 12.6. The highest BCUT2D eigenvalue weighted by molar-refractivity contribution is 5.95. The number of ether oxygens (including phenoxy) is 2. The number of anilines is 1. The van der Waals surface area contributed by atoms with Crippen LogP contribution < -0.4 is 20.7 Å². The smallest absolute Gasteiger partial charge is 0.257 e. The summed E-state index contributed by atoms with van der Waals surface area (Å²) in [6.45, 7) is 4.07. The number of hydrogen-bond donors (Lipinski definition) is 3. The van der Waals surface area contributed by atoms with Crippen molar-refractivity contribution in [2.45, 2.75) is 13.0 Å². The predicted molar refractivity (Wildman–Crippen MR) is 81.9 cm³/mol. The number of carbonyl (C=O) groups excluding carboxylic acids is 2. The third-order valence-corrected chi connectivity index (χ3v) is 3.10. The molecule has 0 saturated carbocycles. The third-order valence-electron chi connectivity index (χ3n) is 3.10. The normalized spacial score (nSPS) is 17.6. The van der Waals surface area contributed by atoms with E-state index in [2.05, 4.69) is 16.0 Å². The van der Waals surface area contributed by atoms with Crippen LogP contribution >= 0.6 is 0 Å². The first-order valence-corrected chi connectivity index (χ1v) is 7.30. The second kappa shape index (κ2) is 8.35. The van der Waals surface area contributed by atoms with Gasteiger partial charge < -0.3 is 25.4 Å². The summed E-state index contributed by atoms with van der Waals surface area (Å²) in [6, 6.07) is 6.55. The summed E-state index contributed by atoms with van der Waals surface area (Å²) in [5, 5.41) is 8.55. The Bertz CT molecular complexity index is 498. The van der Waals surface area contributed by atoms with E-state index in [-0.39, 0.29) is 24.5 Å². The van der Waals surface area contributed by atoms with Crippen molar-refractivity contribution in [3.8, 4) is 5.75 Å². The van der Waals surface area contributed by atoms with Gasteiger partial charge in [0.15, 0.2) is 6.61 Å². The fourth-order valence-corrected chi connectivity index (χ4v) is 1.99. The summed E-state index contributed by atoms with van der Waals surface area (Å²) < 4.78 is 10.6. The lowest BCUT2D eigenvalue weighted by Crippen LogP contribution is -2.48. The van der Waals surface area contributed by atoms with Crippen LogP contribution in [0.15, 0.2) is 24.3 Å². The molecule has 1 aromatic rings. The van der Waals surface area contributed by atoms with Crippen molar-refractivity contribution in [3.05, 3.63) is 24.3 Å². The molecule has 22 heavy (non-hydrogen) atoms. The Hall–Kier alpha value is -2.12. The van der Waals surface area contributed by atoms with Crippen LogP contribution in [0.1, 0.15) is 6.92 Å². The molecular formula is C15H21N3O4. The number of morpholine rings is 1. The van der Waals surface area contributed by atoms with Crippen molar-refractivity contribution in [1.82, 2.24) is 10.6 Å². The second-order valence-corrected chi connectivity index (χ2v) is 4.84. The molecule has 0 radical (unpaired) electrons. The molecule has 1 heterocycles. The van der Waals surface area contributed by atoms with Crippen LogP contribution in [-0.2, 0) is 14.3 Å². The molecule has 1 fully saturated rings. The first-order valence-electron chi connectivity index (χ1n) is 7.30. The standard InChI is InChI=1S/C15H21N3O4/c1-2-16-14(19)10-22-12-5-3-11(4-6-12)18-15(20)13-9-21-8-7-17-13/h3-6,13,17H,2,7-10H2,1H3,(H,16,19)(H,18,20). The number of nitrogens with one attached hydrogen (secondary N) is 3. The Balaban J connectivity index is 1.81. The highest BCUT2D eigenvalue weighted by Crippen LogP contribution is 2.16. The van der Waals surface area contributed by atoms with E-state index < -0.39 is 0 Å². The third kappa shape index (κ3) is 5.01. The maximum atomic E-state index is 12.0. The molecule has 120 valence electrons. The Morgan fingerprint density at radius 1 is 1.36 bits per heavy atom. The molecule has 1 aromatic carbocycles. The molecule has 2 rings (SSSR count). The predicted octanol–water partition coefficient (Wildman–Crippen LogP) is 0.128. The topological polar surface area (TPSA) is 88.7 Å². The number of hydrogen-bond acceptors (Lipinski definition) is 5. The number of amides is 2. The van der Waals surface area contributed by atoms with Gasteiger partial charge in [-0.1, -0.05) is 0 Å². The number of likely N-dealkylation sites (N-methyl/N-ethyl adjacent to an activating group) is 1. The van der Waals surface area contributed by atoms with Gasteiger partial charge in [-0.05, 0) is 31.2 Å². The number of rotatable bonds is 6. The van der Waals surface area contributed by atoms with Gasteiger partial charge in [0.25, 0.3) is 5.91 Å². The number of carbonyl (C=O) groups is 2. The molecule has 1 aliphatic rings. The van der Waals surface area contributed by atoms with Crippen LogP contribution in [-0.4, -0.2) is 50.8 Å². The minimum Gasteiger partial charge on any atom is -0.484 e. The molecule has 0 aromatic heterocycles. The van der Waals surface area contributed by atoms with Gasteiger partial charge in [-0.25, -0.2) is 0 Å². The van der Waals surface area contributed by atoms with E-state index in [4.69, 9.17) is 9.47 Å². The first-order chi connectivity index (χ1) is 10.7. The number of benzene rings is 1. The molecule has 7 heteroatoms. The van der Waals surface area contributed by atoms with Gasteiger partial charge in [-0.2, -0.15) is 0 Å². The van der Waals surface area contributed by atoms with E-state index in [1.807, 2.05) is 6.92 Å². The lowest BCUT2D eigenvalue weighted by Gasteiger charge is -2.22. The molecule has 1 unspecified atom stereocenters. The molecule has 7 nitrogen and oxygen atoms in total. The highest BCUT2D eigenvalue weighted by Gasteiger charge is 2.20. The van der Waals surface area contributed by atoms with Crippen molar-refractivity contribution in [2.75, 3.05) is 38.2 Å². The van der Waals surface area contributed by atoms with Crippen LogP contribution in [0, 0.1) is 0 Å². The molecule has 2 amide bonds. The molecule has 1 aliphatic heterocycles. The van der Waals surface area contributed by atoms with Crippen LogP contribution in [0.4, 0.5) is 5.69 Å². The highest BCUT2D eigenvalue weighted by atomic mass is 16.5. The van der Waals surface area contributed by atoms with Crippen molar-refractivity contribution >= 4 is 17.5 Å². The van der Waals surface area contributed by atoms with Gasteiger partial charge in [-0.3, -0.25) is 9.59 Å². The van der Waals surface area contributed by atoms with E-state index in [1.165, 1.54) is 0 Å². The molecule has 0 spiro atoms. The lowest BCUT2D eigenvalue weighted by atomic mass is 10.2. The summed E-state index contributed by atoms with van der Waals surface area (Å²) >= 11 is 0. The van der Waals surface area contributed by atoms with Gasteiger partial charge in [-0.15, -0.1) is 0 Å². The Kier molecular flexibility index (Phi) is 6.17. The van der Waals surface area contributed by atoms with Crippen LogP contribution in [0.2, 0.25) is 0 Å². The van der Waals surface area contributed by atoms with E-state index in [1.54, 1.807) is 24.3 Å². The van der Waals surface area contributed by atoms with E-state index >= 15 is 0 Å². The van der Waals surface area contributed by atoms with Gasteiger partial charge in [0, 0.05) is 18.8 Å². The van der Waals surface area contributed by atoms with E-state index in [0.29, 0.717) is 37.7 Å². The molecule has 0 bridgehead atoms. The molecule has 1 atom stereocenters. The lowest BCUT2D eigenvalue weighted by molar-refractivity contribution is -0.123. The summed E-state index contributed by atoms with van der Waals surface area (Å²) in [4.78, 5) is 23.3. The largest absolute Gasteiger partial charge is 0.484 e. The van der Waals surface area contributed by atoms with Crippen LogP contribution in [0.25, 0.3) is 0 Å². The quantitative estimate of drug-likeness (QED) is 0.695. The minimum atomic E-state index is -0.331. The van der Waals surface area contributed by atoms with Crippen molar-refractivity contribution in [3.63, 3.8) is 0 Å². The Labute approximate surface area is 129 Å². The van der Waals surface area contributed by atoms with Gasteiger partial charge in [0.1, 0.15) is 11.8 Å². The summed E-state index contributed by atoms with van der Waals surface area (Å²) in [6.07, 6.45) is 0. The summed E-state index contributed by atoms with van der Waals surface area (Å²) in [5.41, 5.74) is 0.669. The first kappa shape index (κ1) is 16.3. The summed E-state index contributed by atoms with van der Waals surface area (Å²) in [5.74, 6) is 0.280. The fraction of sp³-hybridized carbons (Fsp3) is 0.467. The minimum absolute atomic E-state index is 0.0249. The molecule has 0 aliphatic carbocycles. The fourth-order valence-electron chi connectivity index (χ4n) is 1.99. The van der Waals surface area contributed by atoms with Crippen molar-refractivity contribution < 1.29 is 19.1 Å². The molecule has 3 N–H and O–H groups in total. The maximum Gasteiger partial charge on any atom is 0.257 e. The van der Waals surface area contributed by atoms with E-state index in [9.17, 15) is 9.59 Å². The van der Waals surface area contributed by atoms with Crippen LogP contribution in [0.5, 0.6) is 5.75 Å². The summed E-state index contributed by atoms with van der Waals surface area (Å²) in [7, 11) is 0. The van der Waals surface area contributed by atoms with E-state index in [0.717, 1.165) is 0 Å². The molecular weight excluding hydrogens is 286 g/mol. The zero-order chi connectivity index (χ0) is 15.8. The zero-order valence-corrected chi connectivity index (χ0v) is 12.6. The second-order valence-electron chi connectivity index (χ2n) is 4.84. The average Bonchev–Trinajstić information content (AvgIpc) is 2.55. The van der Waals surface area contributed by atoms with Crippen molar-refractivity contribution in [1.29, 1.82) is 0 Å². The Morgan fingerprint density at radius 3 is 2.77 bits per heavy atom. The van der Waals surface area contributed by atoms with Gasteiger partial charge in [0.2, 0.25) is 5.91 Å². The average molecular weight is 307 g/mol.